The first kappa shape index (κ1) is 13.4. The fourth-order valence-electron chi connectivity index (χ4n) is 2.69. The van der Waals surface area contributed by atoms with Crippen molar-refractivity contribution in [3.05, 3.63) is 29.8 Å². The monoisotopic (exact) mass is 269 g/mol. The summed E-state index contributed by atoms with van der Waals surface area (Å²) in [5.41, 5.74) is 0.842. The summed E-state index contributed by atoms with van der Waals surface area (Å²) in [5.74, 6) is 0.894. The van der Waals surface area contributed by atoms with E-state index < -0.39 is 9.84 Å². The zero-order valence-electron chi connectivity index (χ0n) is 10.5. The number of phenols is 1. The van der Waals surface area contributed by atoms with Gasteiger partial charge in [-0.05, 0) is 31.0 Å². The lowest BCUT2D eigenvalue weighted by atomic mass is 9.85. The van der Waals surface area contributed by atoms with Crippen LogP contribution in [0.3, 0.4) is 0 Å². The molecule has 1 heterocycles. The first-order valence-corrected chi connectivity index (χ1v) is 7.98. The fourth-order valence-corrected chi connectivity index (χ4v) is 4.57. The van der Waals surface area contributed by atoms with E-state index in [1.165, 1.54) is 0 Å². The second-order valence-electron chi connectivity index (χ2n) is 4.89. The Bertz CT molecular complexity index is 513. The number of benzene rings is 1. The van der Waals surface area contributed by atoms with Crippen LogP contribution in [0.4, 0.5) is 0 Å². The van der Waals surface area contributed by atoms with Crippen LogP contribution in [0, 0.1) is 5.92 Å². The maximum Gasteiger partial charge on any atom is 0.150 e. The number of aromatic hydroxyl groups is 1. The standard InChI is InChI=1S/C13H19NO3S/c1-14-8-12(10-6-7-18(16,17)9-10)11-4-2-3-5-13(11)15/h2-5,10,12,14-15H,6-9H2,1H3. The van der Waals surface area contributed by atoms with Gasteiger partial charge >= 0.3 is 0 Å². The largest absolute Gasteiger partial charge is 0.508 e. The second-order valence-corrected chi connectivity index (χ2v) is 7.11. The van der Waals surface area contributed by atoms with Crippen molar-refractivity contribution in [2.75, 3.05) is 25.1 Å². The Morgan fingerprint density at radius 1 is 1.44 bits per heavy atom. The van der Waals surface area contributed by atoms with E-state index in [-0.39, 0.29) is 29.1 Å². The molecule has 0 saturated carbocycles. The molecule has 0 aromatic heterocycles. The minimum atomic E-state index is -2.89. The van der Waals surface area contributed by atoms with Gasteiger partial charge < -0.3 is 10.4 Å². The average Bonchev–Trinajstić information content (AvgIpc) is 2.68. The molecule has 5 heteroatoms. The van der Waals surface area contributed by atoms with Gasteiger partial charge in [-0.2, -0.15) is 0 Å². The van der Waals surface area contributed by atoms with E-state index >= 15 is 0 Å². The number of rotatable bonds is 4. The summed E-state index contributed by atoms with van der Waals surface area (Å²) in [7, 11) is -1.05. The average molecular weight is 269 g/mol. The zero-order chi connectivity index (χ0) is 13.2. The number of nitrogens with one attached hydrogen (secondary N) is 1. The van der Waals surface area contributed by atoms with Gasteiger partial charge in [-0.3, -0.25) is 0 Å². The molecule has 2 atom stereocenters. The third kappa shape index (κ3) is 2.84. The molecule has 18 heavy (non-hydrogen) atoms. The van der Waals surface area contributed by atoms with Crippen molar-refractivity contribution in [1.82, 2.24) is 5.32 Å². The minimum Gasteiger partial charge on any atom is -0.508 e. The lowest BCUT2D eigenvalue weighted by Crippen LogP contribution is -2.25. The normalized spacial score (nSPS) is 23.9. The highest BCUT2D eigenvalue weighted by atomic mass is 32.2. The third-order valence-electron chi connectivity index (χ3n) is 3.60. The predicted molar refractivity (Wildman–Crippen MR) is 71.5 cm³/mol. The fraction of sp³-hybridized carbons (Fsp3) is 0.538. The molecule has 0 amide bonds. The molecular weight excluding hydrogens is 250 g/mol. The topological polar surface area (TPSA) is 66.4 Å². The lowest BCUT2D eigenvalue weighted by Gasteiger charge is -2.23. The molecule has 2 rings (SSSR count). The number of para-hydroxylation sites is 1. The van der Waals surface area contributed by atoms with Crippen molar-refractivity contribution in [2.45, 2.75) is 12.3 Å². The van der Waals surface area contributed by atoms with Crippen molar-refractivity contribution in [1.29, 1.82) is 0 Å². The van der Waals surface area contributed by atoms with Gasteiger partial charge in [0.2, 0.25) is 0 Å². The lowest BCUT2D eigenvalue weighted by molar-refractivity contribution is 0.416. The van der Waals surface area contributed by atoms with Crippen LogP contribution in [0.2, 0.25) is 0 Å². The quantitative estimate of drug-likeness (QED) is 0.860. The first-order chi connectivity index (χ1) is 8.53. The van der Waals surface area contributed by atoms with Crippen LogP contribution in [-0.2, 0) is 9.84 Å². The molecule has 100 valence electrons. The Kier molecular flexibility index (Phi) is 3.92. The molecule has 0 bridgehead atoms. The van der Waals surface area contributed by atoms with Gasteiger partial charge in [0, 0.05) is 12.5 Å². The molecule has 1 saturated heterocycles. The zero-order valence-corrected chi connectivity index (χ0v) is 11.3. The molecule has 1 aromatic rings. The molecule has 1 aliphatic heterocycles. The minimum absolute atomic E-state index is 0.0495. The van der Waals surface area contributed by atoms with Gasteiger partial charge in [0.05, 0.1) is 11.5 Å². The highest BCUT2D eigenvalue weighted by Crippen LogP contribution is 2.36. The second kappa shape index (κ2) is 5.28. The third-order valence-corrected chi connectivity index (χ3v) is 5.39. The van der Waals surface area contributed by atoms with Crippen LogP contribution in [0.1, 0.15) is 17.9 Å². The summed E-state index contributed by atoms with van der Waals surface area (Å²) in [6, 6.07) is 7.19. The Hall–Kier alpha value is -1.07. The van der Waals surface area contributed by atoms with E-state index in [4.69, 9.17) is 0 Å². The molecule has 0 aliphatic carbocycles. The van der Waals surface area contributed by atoms with E-state index in [1.807, 2.05) is 19.2 Å². The van der Waals surface area contributed by atoms with Crippen molar-refractivity contribution >= 4 is 9.84 Å². The summed E-state index contributed by atoms with van der Waals surface area (Å²) in [6.07, 6.45) is 0.684. The predicted octanol–water partition coefficient (Wildman–Crippen LogP) is 1.13. The van der Waals surface area contributed by atoms with Crippen molar-refractivity contribution < 1.29 is 13.5 Å². The molecule has 1 aliphatic rings. The number of hydrogen-bond donors (Lipinski definition) is 2. The van der Waals surface area contributed by atoms with E-state index in [2.05, 4.69) is 5.32 Å². The summed E-state index contributed by atoms with van der Waals surface area (Å²) in [4.78, 5) is 0. The van der Waals surface area contributed by atoms with Gasteiger partial charge in [-0.25, -0.2) is 8.42 Å². The molecule has 4 nitrogen and oxygen atoms in total. The maximum absolute atomic E-state index is 11.6. The van der Waals surface area contributed by atoms with Crippen LogP contribution in [-0.4, -0.2) is 38.6 Å². The molecular formula is C13H19NO3S. The van der Waals surface area contributed by atoms with Crippen LogP contribution in [0.25, 0.3) is 0 Å². The van der Waals surface area contributed by atoms with Gasteiger partial charge in [0.1, 0.15) is 5.75 Å². The summed E-state index contributed by atoms with van der Waals surface area (Å²) in [6.45, 7) is 0.678. The van der Waals surface area contributed by atoms with Gasteiger partial charge in [-0.1, -0.05) is 18.2 Å². The van der Waals surface area contributed by atoms with Crippen LogP contribution < -0.4 is 5.32 Å². The molecule has 2 N–H and O–H groups in total. The number of hydrogen-bond acceptors (Lipinski definition) is 4. The summed E-state index contributed by atoms with van der Waals surface area (Å²) < 4.78 is 23.2. The van der Waals surface area contributed by atoms with Crippen molar-refractivity contribution in [3.63, 3.8) is 0 Å². The van der Waals surface area contributed by atoms with Gasteiger partial charge in [0.25, 0.3) is 0 Å². The van der Waals surface area contributed by atoms with Crippen LogP contribution in [0.5, 0.6) is 5.75 Å². The molecule has 0 radical (unpaired) electrons. The first-order valence-electron chi connectivity index (χ1n) is 6.16. The highest BCUT2D eigenvalue weighted by Gasteiger charge is 2.34. The van der Waals surface area contributed by atoms with Gasteiger partial charge in [0.15, 0.2) is 9.84 Å². The maximum atomic E-state index is 11.6. The SMILES string of the molecule is CNCC(c1ccccc1O)C1CCS(=O)(=O)C1. The van der Waals surface area contributed by atoms with Crippen LogP contribution >= 0.6 is 0 Å². The number of sulfone groups is 1. The van der Waals surface area contributed by atoms with Gasteiger partial charge in [-0.15, -0.1) is 0 Å². The Labute approximate surface area is 108 Å². The van der Waals surface area contributed by atoms with Crippen molar-refractivity contribution in [3.8, 4) is 5.75 Å². The smallest absolute Gasteiger partial charge is 0.150 e. The summed E-state index contributed by atoms with van der Waals surface area (Å²) >= 11 is 0. The Morgan fingerprint density at radius 3 is 2.72 bits per heavy atom. The molecule has 1 aromatic carbocycles. The van der Waals surface area contributed by atoms with E-state index in [1.54, 1.807) is 12.1 Å². The Balaban J connectivity index is 2.27. The van der Waals surface area contributed by atoms with E-state index in [0.29, 0.717) is 13.0 Å². The number of phenolic OH excluding ortho intramolecular Hbond substituents is 1. The molecule has 0 spiro atoms. The molecule has 2 unspecified atom stereocenters. The molecule has 1 fully saturated rings. The highest BCUT2D eigenvalue weighted by molar-refractivity contribution is 7.91. The Morgan fingerprint density at radius 2 is 2.17 bits per heavy atom. The number of likely N-dealkylation sites (N-methyl/N-ethyl adjacent to an activating group) is 1. The van der Waals surface area contributed by atoms with Crippen molar-refractivity contribution in [2.24, 2.45) is 5.92 Å². The van der Waals surface area contributed by atoms with E-state index in [0.717, 1.165) is 5.56 Å². The van der Waals surface area contributed by atoms with Crippen LogP contribution in [0.15, 0.2) is 24.3 Å². The summed E-state index contributed by atoms with van der Waals surface area (Å²) in [5, 5.41) is 13.0. The van der Waals surface area contributed by atoms with E-state index in [9.17, 15) is 13.5 Å².